The number of hydrogen-bond acceptors (Lipinski definition) is 6. The van der Waals surface area contributed by atoms with Crippen molar-refractivity contribution in [3.63, 3.8) is 0 Å². The summed E-state index contributed by atoms with van der Waals surface area (Å²) in [6.07, 6.45) is 5.74. The molecule has 0 aliphatic carbocycles. The van der Waals surface area contributed by atoms with Crippen molar-refractivity contribution in [2.45, 2.75) is 5.16 Å². The lowest BCUT2D eigenvalue weighted by Gasteiger charge is -2.02. The molecule has 3 heterocycles. The standard InChI is InChI=1S/C11H9N5O2S/c1-19(17,18)11-14-7-8-3-4-9(16(8)15-11)10-12-5-2-6-13-10/h2-7H,1H3. The molecule has 0 spiro atoms. The van der Waals surface area contributed by atoms with Crippen molar-refractivity contribution in [3.05, 3.63) is 36.8 Å². The highest BCUT2D eigenvalue weighted by molar-refractivity contribution is 7.90. The molecule has 0 unspecified atom stereocenters. The van der Waals surface area contributed by atoms with Crippen LogP contribution in [0.5, 0.6) is 0 Å². The summed E-state index contributed by atoms with van der Waals surface area (Å²) >= 11 is 0. The van der Waals surface area contributed by atoms with Crippen LogP contribution in [0.1, 0.15) is 0 Å². The van der Waals surface area contributed by atoms with Crippen LogP contribution in [0.3, 0.4) is 0 Å². The molecule has 19 heavy (non-hydrogen) atoms. The zero-order valence-corrected chi connectivity index (χ0v) is 10.7. The first-order valence-electron chi connectivity index (χ1n) is 5.38. The Balaban J connectivity index is 2.28. The van der Waals surface area contributed by atoms with E-state index in [9.17, 15) is 8.42 Å². The lowest BCUT2D eigenvalue weighted by molar-refractivity contribution is 0.587. The predicted molar refractivity (Wildman–Crippen MR) is 67.1 cm³/mol. The molecular weight excluding hydrogens is 266 g/mol. The highest BCUT2D eigenvalue weighted by Gasteiger charge is 2.14. The number of hydrogen-bond donors (Lipinski definition) is 0. The van der Waals surface area contributed by atoms with Crippen molar-refractivity contribution in [1.29, 1.82) is 0 Å². The van der Waals surface area contributed by atoms with Gasteiger partial charge in [-0.2, -0.15) is 0 Å². The van der Waals surface area contributed by atoms with Crippen molar-refractivity contribution in [1.82, 2.24) is 24.6 Å². The van der Waals surface area contributed by atoms with Crippen molar-refractivity contribution < 1.29 is 8.42 Å². The maximum absolute atomic E-state index is 11.5. The fourth-order valence-corrected chi connectivity index (χ4v) is 2.13. The highest BCUT2D eigenvalue weighted by Crippen LogP contribution is 2.17. The van der Waals surface area contributed by atoms with Gasteiger partial charge in [0, 0.05) is 18.6 Å². The molecule has 0 aliphatic heterocycles. The molecule has 0 N–H and O–H groups in total. The Morgan fingerprint density at radius 3 is 2.53 bits per heavy atom. The first-order valence-corrected chi connectivity index (χ1v) is 7.27. The molecule has 0 atom stereocenters. The van der Waals surface area contributed by atoms with Gasteiger partial charge < -0.3 is 0 Å². The minimum atomic E-state index is -3.45. The van der Waals surface area contributed by atoms with E-state index in [1.54, 1.807) is 30.6 Å². The zero-order valence-electron chi connectivity index (χ0n) is 9.92. The molecule has 0 amide bonds. The highest BCUT2D eigenvalue weighted by atomic mass is 32.2. The van der Waals surface area contributed by atoms with Gasteiger partial charge in [-0.05, 0) is 18.2 Å². The van der Waals surface area contributed by atoms with Crippen LogP contribution in [0.15, 0.2) is 41.9 Å². The Morgan fingerprint density at radius 1 is 1.11 bits per heavy atom. The fourth-order valence-electron chi connectivity index (χ4n) is 1.66. The fraction of sp³-hybridized carbons (Fsp3) is 0.0909. The number of sulfone groups is 1. The third-order valence-corrected chi connectivity index (χ3v) is 3.35. The van der Waals surface area contributed by atoms with Gasteiger partial charge in [0.15, 0.2) is 5.82 Å². The Morgan fingerprint density at radius 2 is 1.84 bits per heavy atom. The first kappa shape index (κ1) is 11.7. The van der Waals surface area contributed by atoms with Crippen LogP contribution in [-0.2, 0) is 9.84 Å². The molecule has 3 aromatic heterocycles. The normalized spacial score (nSPS) is 11.8. The van der Waals surface area contributed by atoms with Gasteiger partial charge in [-0.15, -0.1) is 5.10 Å². The molecule has 3 rings (SSSR count). The van der Waals surface area contributed by atoms with E-state index in [-0.39, 0.29) is 5.16 Å². The summed E-state index contributed by atoms with van der Waals surface area (Å²) in [5.41, 5.74) is 1.29. The molecular formula is C11H9N5O2S. The Kier molecular flexibility index (Phi) is 2.53. The molecule has 0 aliphatic rings. The molecule has 0 radical (unpaired) electrons. The van der Waals surface area contributed by atoms with Crippen LogP contribution in [0.2, 0.25) is 0 Å². The van der Waals surface area contributed by atoms with Gasteiger partial charge in [0.1, 0.15) is 5.69 Å². The number of rotatable bonds is 2. The summed E-state index contributed by atoms with van der Waals surface area (Å²) in [6, 6.07) is 5.25. The lowest BCUT2D eigenvalue weighted by Crippen LogP contribution is -2.08. The number of aromatic nitrogens is 5. The smallest absolute Gasteiger partial charge is 0.235 e. The van der Waals surface area contributed by atoms with Gasteiger partial charge >= 0.3 is 0 Å². The summed E-state index contributed by atoms with van der Waals surface area (Å²) < 4.78 is 24.4. The van der Waals surface area contributed by atoms with E-state index >= 15 is 0 Å². The Bertz CT molecular complexity index is 842. The summed E-state index contributed by atoms with van der Waals surface area (Å²) in [4.78, 5) is 12.1. The Labute approximate surface area is 108 Å². The van der Waals surface area contributed by atoms with E-state index in [2.05, 4.69) is 20.1 Å². The first-order chi connectivity index (χ1) is 9.05. The quantitative estimate of drug-likeness (QED) is 0.680. The lowest BCUT2D eigenvalue weighted by atomic mass is 10.4. The van der Waals surface area contributed by atoms with Gasteiger partial charge in [-0.3, -0.25) is 0 Å². The van der Waals surface area contributed by atoms with Crippen LogP contribution in [0.4, 0.5) is 0 Å². The van der Waals surface area contributed by atoms with E-state index in [1.807, 2.05) is 0 Å². The molecule has 3 aromatic rings. The van der Waals surface area contributed by atoms with Crippen molar-refractivity contribution >= 4 is 15.4 Å². The van der Waals surface area contributed by atoms with Crippen molar-refractivity contribution in [2.24, 2.45) is 0 Å². The maximum Gasteiger partial charge on any atom is 0.265 e. The average Bonchev–Trinajstić information content (AvgIpc) is 2.81. The third kappa shape index (κ3) is 2.06. The molecule has 0 bridgehead atoms. The van der Waals surface area contributed by atoms with Crippen LogP contribution in [-0.4, -0.2) is 39.2 Å². The molecule has 0 saturated carbocycles. The van der Waals surface area contributed by atoms with E-state index in [0.717, 1.165) is 6.26 Å². The van der Waals surface area contributed by atoms with Crippen LogP contribution in [0.25, 0.3) is 17.0 Å². The van der Waals surface area contributed by atoms with E-state index < -0.39 is 9.84 Å². The van der Waals surface area contributed by atoms with Gasteiger partial charge in [-0.25, -0.2) is 27.9 Å². The minimum absolute atomic E-state index is 0.228. The molecule has 8 heteroatoms. The van der Waals surface area contributed by atoms with E-state index in [0.29, 0.717) is 17.0 Å². The topological polar surface area (TPSA) is 90.1 Å². The van der Waals surface area contributed by atoms with Crippen LogP contribution < -0.4 is 0 Å². The van der Waals surface area contributed by atoms with E-state index in [4.69, 9.17) is 0 Å². The largest absolute Gasteiger partial charge is 0.265 e. The third-order valence-electron chi connectivity index (χ3n) is 2.50. The van der Waals surface area contributed by atoms with Crippen molar-refractivity contribution in [2.75, 3.05) is 6.26 Å². The van der Waals surface area contributed by atoms with Gasteiger partial charge in [-0.1, -0.05) is 0 Å². The summed E-state index contributed by atoms with van der Waals surface area (Å²) in [7, 11) is -3.45. The zero-order chi connectivity index (χ0) is 13.5. The van der Waals surface area contributed by atoms with Crippen molar-refractivity contribution in [3.8, 4) is 11.5 Å². The molecule has 0 saturated heterocycles. The predicted octanol–water partition coefficient (Wildman–Crippen LogP) is 0.590. The van der Waals surface area contributed by atoms with Gasteiger partial charge in [0.05, 0.1) is 11.7 Å². The SMILES string of the molecule is CS(=O)(=O)c1ncc2ccc(-c3ncccn3)n2n1. The van der Waals surface area contributed by atoms with E-state index in [1.165, 1.54) is 10.7 Å². The molecule has 7 nitrogen and oxygen atoms in total. The number of nitrogens with zero attached hydrogens (tertiary/aromatic N) is 5. The second-order valence-electron chi connectivity index (χ2n) is 3.94. The average molecular weight is 275 g/mol. The van der Waals surface area contributed by atoms with Crippen LogP contribution in [0, 0.1) is 0 Å². The molecule has 0 fully saturated rings. The number of fused-ring (bicyclic) bond motifs is 1. The molecule has 96 valence electrons. The molecule has 0 aromatic carbocycles. The van der Waals surface area contributed by atoms with Gasteiger partial charge in [0.25, 0.3) is 5.16 Å². The second-order valence-corrected chi connectivity index (χ2v) is 5.85. The summed E-state index contributed by atoms with van der Waals surface area (Å²) in [5, 5.41) is 3.79. The maximum atomic E-state index is 11.5. The monoisotopic (exact) mass is 275 g/mol. The summed E-state index contributed by atoms with van der Waals surface area (Å²) in [6.45, 7) is 0. The van der Waals surface area contributed by atoms with Crippen LogP contribution >= 0.6 is 0 Å². The Hall–Kier alpha value is -2.35. The second kappa shape index (κ2) is 4.09. The van der Waals surface area contributed by atoms with Gasteiger partial charge in [0.2, 0.25) is 9.84 Å². The summed E-state index contributed by atoms with van der Waals surface area (Å²) in [5.74, 6) is 0.473. The minimum Gasteiger partial charge on any atom is -0.235 e.